The molecule has 0 amide bonds. The highest BCUT2D eigenvalue weighted by molar-refractivity contribution is 7.80. The van der Waals surface area contributed by atoms with E-state index in [9.17, 15) is 0 Å². The number of thiol groups is 1. The predicted octanol–water partition coefficient (Wildman–Crippen LogP) is 2.19. The molecule has 14 heavy (non-hydrogen) atoms. The Labute approximate surface area is 95.4 Å². The molecule has 0 saturated heterocycles. The lowest BCUT2D eigenvalue weighted by Gasteiger charge is -2.44. The molecular formula is C11H24BNS. The number of hydrogen-bond acceptors (Lipinski definition) is 2. The van der Waals surface area contributed by atoms with Crippen molar-refractivity contribution < 1.29 is 0 Å². The predicted molar refractivity (Wildman–Crippen MR) is 69.9 cm³/mol. The molecule has 0 bridgehead atoms. The van der Waals surface area contributed by atoms with Gasteiger partial charge in [0.15, 0.2) is 0 Å². The van der Waals surface area contributed by atoms with Crippen LogP contribution in [0.25, 0.3) is 0 Å². The standard InChI is InChI=1S/C11H24BNS/c1-8-7-11(3,12)6-5-10(8)13(4)9(2)14/h8-10,14H,5-7,12H2,1-4H3. The zero-order valence-electron chi connectivity index (χ0n) is 10.2. The molecule has 0 heterocycles. The average Bonchev–Trinajstić information content (AvgIpc) is 2.01. The molecule has 1 aliphatic rings. The molecule has 1 rings (SSSR count). The van der Waals surface area contributed by atoms with E-state index in [4.69, 9.17) is 0 Å². The first-order valence-electron chi connectivity index (χ1n) is 5.73. The highest BCUT2D eigenvalue weighted by Gasteiger charge is 2.34. The van der Waals surface area contributed by atoms with Gasteiger partial charge in [-0.05, 0) is 26.3 Å². The zero-order valence-corrected chi connectivity index (χ0v) is 11.1. The van der Waals surface area contributed by atoms with Crippen LogP contribution in [0.5, 0.6) is 0 Å². The fourth-order valence-corrected chi connectivity index (χ4v) is 2.99. The molecule has 3 heteroatoms. The van der Waals surface area contributed by atoms with Gasteiger partial charge < -0.3 is 0 Å². The van der Waals surface area contributed by atoms with E-state index in [1.54, 1.807) is 0 Å². The van der Waals surface area contributed by atoms with Crippen LogP contribution in [0.2, 0.25) is 5.31 Å². The van der Waals surface area contributed by atoms with Gasteiger partial charge in [-0.1, -0.05) is 32.0 Å². The van der Waals surface area contributed by atoms with Crippen LogP contribution in [-0.4, -0.2) is 31.2 Å². The fourth-order valence-electron chi connectivity index (χ4n) is 2.82. The third kappa shape index (κ3) is 2.93. The second-order valence-corrected chi connectivity index (χ2v) is 6.50. The van der Waals surface area contributed by atoms with Crippen LogP contribution < -0.4 is 0 Å². The largest absolute Gasteiger partial charge is 0.292 e. The summed E-state index contributed by atoms with van der Waals surface area (Å²) in [7, 11) is 4.60. The lowest BCUT2D eigenvalue weighted by Crippen LogP contribution is -2.44. The van der Waals surface area contributed by atoms with Crippen molar-refractivity contribution >= 4 is 20.5 Å². The smallest absolute Gasteiger partial charge is 0.109 e. The Morgan fingerprint density at radius 2 is 2.14 bits per heavy atom. The quantitative estimate of drug-likeness (QED) is 0.418. The summed E-state index contributed by atoms with van der Waals surface area (Å²) < 4.78 is 0. The molecule has 1 saturated carbocycles. The highest BCUT2D eigenvalue weighted by Crippen LogP contribution is 2.43. The van der Waals surface area contributed by atoms with Gasteiger partial charge in [0.05, 0.1) is 0 Å². The minimum absolute atomic E-state index is 0.378. The third-order valence-electron chi connectivity index (χ3n) is 3.76. The van der Waals surface area contributed by atoms with Gasteiger partial charge >= 0.3 is 0 Å². The summed E-state index contributed by atoms with van der Waals surface area (Å²) in [5.74, 6) is 0.804. The molecule has 0 radical (unpaired) electrons. The topological polar surface area (TPSA) is 3.24 Å². The van der Waals surface area contributed by atoms with Gasteiger partial charge in [0.25, 0.3) is 0 Å². The molecule has 0 spiro atoms. The Morgan fingerprint density at radius 3 is 2.57 bits per heavy atom. The van der Waals surface area contributed by atoms with Crippen LogP contribution in [0.3, 0.4) is 0 Å². The van der Waals surface area contributed by atoms with Crippen LogP contribution in [0.1, 0.15) is 40.0 Å². The van der Waals surface area contributed by atoms with E-state index in [-0.39, 0.29) is 0 Å². The Balaban J connectivity index is 2.58. The summed E-state index contributed by atoms with van der Waals surface area (Å²) in [4.78, 5) is 2.42. The SMILES string of the molecule is BC1(C)CCC(N(C)C(C)S)C(C)C1. The molecular weight excluding hydrogens is 189 g/mol. The second-order valence-electron chi connectivity index (χ2n) is 5.75. The van der Waals surface area contributed by atoms with Crippen molar-refractivity contribution in [1.29, 1.82) is 0 Å². The van der Waals surface area contributed by atoms with Crippen molar-refractivity contribution in [3.05, 3.63) is 0 Å². The normalized spacial score (nSPS) is 41.3. The van der Waals surface area contributed by atoms with E-state index in [0.29, 0.717) is 10.7 Å². The minimum Gasteiger partial charge on any atom is -0.292 e. The first kappa shape index (κ1) is 12.4. The molecule has 0 aromatic heterocycles. The minimum atomic E-state index is 0.378. The summed E-state index contributed by atoms with van der Waals surface area (Å²) in [5.41, 5.74) is 0. The van der Waals surface area contributed by atoms with Crippen LogP contribution in [0, 0.1) is 5.92 Å². The Hall–Kier alpha value is 0.375. The highest BCUT2D eigenvalue weighted by atomic mass is 32.1. The lowest BCUT2D eigenvalue weighted by atomic mass is 9.58. The molecule has 0 N–H and O–H groups in total. The van der Waals surface area contributed by atoms with E-state index in [0.717, 1.165) is 12.0 Å². The van der Waals surface area contributed by atoms with Gasteiger partial charge in [-0.3, -0.25) is 4.90 Å². The van der Waals surface area contributed by atoms with Gasteiger partial charge in [0, 0.05) is 11.4 Å². The van der Waals surface area contributed by atoms with Crippen LogP contribution >= 0.6 is 12.6 Å². The lowest BCUT2D eigenvalue weighted by molar-refractivity contribution is 0.118. The molecule has 1 fully saturated rings. The first-order chi connectivity index (χ1) is 6.33. The maximum Gasteiger partial charge on any atom is 0.109 e. The van der Waals surface area contributed by atoms with E-state index >= 15 is 0 Å². The molecule has 0 aliphatic heterocycles. The van der Waals surface area contributed by atoms with E-state index in [2.05, 4.69) is 53.2 Å². The number of nitrogens with zero attached hydrogens (tertiary/aromatic N) is 1. The van der Waals surface area contributed by atoms with Gasteiger partial charge in [0.2, 0.25) is 0 Å². The van der Waals surface area contributed by atoms with Crippen LogP contribution in [0.4, 0.5) is 0 Å². The molecule has 1 nitrogen and oxygen atoms in total. The van der Waals surface area contributed by atoms with E-state index in [1.165, 1.54) is 19.3 Å². The summed E-state index contributed by atoms with van der Waals surface area (Å²) in [5, 5.41) is 0.931. The molecule has 4 atom stereocenters. The average molecular weight is 213 g/mol. The van der Waals surface area contributed by atoms with Crippen molar-refractivity contribution in [2.75, 3.05) is 7.05 Å². The van der Waals surface area contributed by atoms with E-state index < -0.39 is 0 Å². The molecule has 82 valence electrons. The molecule has 4 unspecified atom stereocenters. The number of hydrogen-bond donors (Lipinski definition) is 1. The summed E-state index contributed by atoms with van der Waals surface area (Å²) in [6, 6.07) is 0.732. The summed E-state index contributed by atoms with van der Waals surface area (Å²) in [6.45, 7) is 6.94. The number of rotatable bonds is 2. The van der Waals surface area contributed by atoms with Crippen LogP contribution in [0.15, 0.2) is 0 Å². The molecule has 1 aliphatic carbocycles. The third-order valence-corrected chi connectivity index (χ3v) is 4.13. The van der Waals surface area contributed by atoms with Gasteiger partial charge in [-0.15, -0.1) is 0 Å². The summed E-state index contributed by atoms with van der Waals surface area (Å²) in [6.07, 6.45) is 4.03. The Kier molecular flexibility index (Phi) is 3.98. The fraction of sp³-hybridized carbons (Fsp3) is 1.00. The van der Waals surface area contributed by atoms with Crippen molar-refractivity contribution in [2.45, 2.75) is 56.8 Å². The van der Waals surface area contributed by atoms with Gasteiger partial charge in [-0.2, -0.15) is 12.6 Å². The van der Waals surface area contributed by atoms with Crippen molar-refractivity contribution in [1.82, 2.24) is 4.90 Å². The van der Waals surface area contributed by atoms with E-state index in [1.807, 2.05) is 0 Å². The first-order valence-corrected chi connectivity index (χ1v) is 6.25. The summed E-state index contributed by atoms with van der Waals surface area (Å²) >= 11 is 4.51. The molecule has 0 aromatic carbocycles. The van der Waals surface area contributed by atoms with Gasteiger partial charge in [-0.25, -0.2) is 0 Å². The zero-order chi connectivity index (χ0) is 10.9. The Morgan fingerprint density at radius 1 is 1.57 bits per heavy atom. The monoisotopic (exact) mass is 213 g/mol. The maximum absolute atomic E-state index is 4.51. The Bertz CT molecular complexity index is 194. The maximum atomic E-state index is 4.51. The van der Waals surface area contributed by atoms with Crippen molar-refractivity contribution in [2.24, 2.45) is 5.92 Å². The van der Waals surface area contributed by atoms with Crippen LogP contribution in [-0.2, 0) is 0 Å². The van der Waals surface area contributed by atoms with Gasteiger partial charge in [0.1, 0.15) is 7.85 Å². The second kappa shape index (κ2) is 4.48. The molecule has 0 aromatic rings. The van der Waals surface area contributed by atoms with Crippen molar-refractivity contribution in [3.63, 3.8) is 0 Å². The van der Waals surface area contributed by atoms with Crippen molar-refractivity contribution in [3.8, 4) is 0 Å².